The standard InChI is InChI=1S/C26H26N6O2S2/c33-24-23(36-26(34)31-24)10-19-6-8-28-25(30-19)32-13-16-4-5-17(14-32)21(16)12-27-11-20-2-1-3-22(29-20)18-7-9-35-15-18/h1-3,6-10,15-17,21,27H,4-5,11-14H2,(H,31,33,34)/b23-10+/t16-,17+,21?. The number of aromatic nitrogens is 3. The highest BCUT2D eigenvalue weighted by Crippen LogP contribution is 2.42. The summed E-state index contributed by atoms with van der Waals surface area (Å²) in [4.78, 5) is 40.0. The number of thiophene rings is 1. The van der Waals surface area contributed by atoms with Crippen LogP contribution in [0, 0.1) is 17.8 Å². The highest BCUT2D eigenvalue weighted by atomic mass is 32.2. The van der Waals surface area contributed by atoms with Gasteiger partial charge in [-0.15, -0.1) is 0 Å². The molecule has 3 atom stereocenters. The van der Waals surface area contributed by atoms with Crippen LogP contribution < -0.4 is 15.5 Å². The summed E-state index contributed by atoms with van der Waals surface area (Å²) >= 11 is 2.59. The van der Waals surface area contributed by atoms with Gasteiger partial charge in [0.2, 0.25) is 5.95 Å². The summed E-state index contributed by atoms with van der Waals surface area (Å²) in [6, 6.07) is 10.1. The molecule has 2 aliphatic heterocycles. The number of imide groups is 1. The fourth-order valence-electron chi connectivity index (χ4n) is 5.50. The van der Waals surface area contributed by atoms with Crippen LogP contribution >= 0.6 is 23.1 Å². The molecule has 0 aromatic carbocycles. The lowest BCUT2D eigenvalue weighted by Crippen LogP contribution is -2.45. The first kappa shape index (κ1) is 23.3. The summed E-state index contributed by atoms with van der Waals surface area (Å²) in [5.41, 5.74) is 3.91. The molecule has 0 radical (unpaired) electrons. The molecule has 3 fully saturated rings. The van der Waals surface area contributed by atoms with Crippen molar-refractivity contribution in [3.05, 3.63) is 63.6 Å². The lowest BCUT2D eigenvalue weighted by molar-refractivity contribution is -0.115. The van der Waals surface area contributed by atoms with Gasteiger partial charge in [0.15, 0.2) is 0 Å². The molecule has 1 unspecified atom stereocenters. The fraction of sp³-hybridized carbons (Fsp3) is 0.346. The number of carbonyl (C=O) groups is 2. The quantitative estimate of drug-likeness (QED) is 0.450. The van der Waals surface area contributed by atoms with Crippen LogP contribution in [0.25, 0.3) is 17.3 Å². The Morgan fingerprint density at radius 1 is 1.11 bits per heavy atom. The predicted molar refractivity (Wildman–Crippen MR) is 142 cm³/mol. The Kier molecular flexibility index (Phi) is 6.56. The zero-order valence-corrected chi connectivity index (χ0v) is 21.2. The van der Waals surface area contributed by atoms with E-state index in [1.54, 1.807) is 29.7 Å². The van der Waals surface area contributed by atoms with Gasteiger partial charge in [-0.1, -0.05) is 6.07 Å². The number of carbonyl (C=O) groups excluding carboxylic acids is 2. The number of hydrogen-bond donors (Lipinski definition) is 2. The van der Waals surface area contributed by atoms with E-state index in [1.807, 2.05) is 0 Å². The largest absolute Gasteiger partial charge is 0.340 e. The number of thioether (sulfide) groups is 1. The molecule has 2 amide bonds. The van der Waals surface area contributed by atoms with Crippen molar-refractivity contribution in [1.29, 1.82) is 0 Å². The van der Waals surface area contributed by atoms with Crippen LogP contribution in [0.15, 0.2) is 52.2 Å². The molecule has 0 spiro atoms. The van der Waals surface area contributed by atoms with E-state index in [9.17, 15) is 9.59 Å². The predicted octanol–water partition coefficient (Wildman–Crippen LogP) is 4.18. The molecule has 6 rings (SSSR count). The third-order valence-corrected chi connectivity index (χ3v) is 8.70. The summed E-state index contributed by atoms with van der Waals surface area (Å²) in [7, 11) is 0. The first-order chi connectivity index (χ1) is 17.6. The summed E-state index contributed by atoms with van der Waals surface area (Å²) in [6.07, 6.45) is 5.83. The molecule has 184 valence electrons. The molecular weight excluding hydrogens is 492 g/mol. The summed E-state index contributed by atoms with van der Waals surface area (Å²) in [5.74, 6) is 2.15. The van der Waals surface area contributed by atoms with E-state index in [2.05, 4.69) is 60.5 Å². The average molecular weight is 519 g/mol. The maximum Gasteiger partial charge on any atom is 0.290 e. The maximum absolute atomic E-state index is 11.9. The maximum atomic E-state index is 11.9. The van der Waals surface area contributed by atoms with Gasteiger partial charge in [0, 0.05) is 36.8 Å². The van der Waals surface area contributed by atoms with Crippen molar-refractivity contribution in [3.8, 4) is 11.3 Å². The van der Waals surface area contributed by atoms with Crippen molar-refractivity contribution < 1.29 is 9.59 Å². The highest BCUT2D eigenvalue weighted by molar-refractivity contribution is 8.18. The molecule has 1 saturated carbocycles. The molecule has 3 aliphatic rings. The van der Waals surface area contributed by atoms with Gasteiger partial charge in [-0.2, -0.15) is 11.3 Å². The first-order valence-corrected chi connectivity index (χ1v) is 13.9. The van der Waals surface area contributed by atoms with Crippen molar-refractivity contribution >= 4 is 46.3 Å². The summed E-state index contributed by atoms with van der Waals surface area (Å²) in [5, 5.41) is 9.82. The molecule has 2 bridgehead atoms. The molecule has 10 heteroatoms. The summed E-state index contributed by atoms with van der Waals surface area (Å²) in [6.45, 7) is 3.62. The van der Waals surface area contributed by atoms with Gasteiger partial charge in [-0.25, -0.2) is 9.97 Å². The zero-order chi connectivity index (χ0) is 24.5. The Hall–Kier alpha value is -3.08. The lowest BCUT2D eigenvalue weighted by Gasteiger charge is -2.38. The molecular formula is C26H26N6O2S2. The van der Waals surface area contributed by atoms with Crippen LogP contribution in [0.3, 0.4) is 0 Å². The van der Waals surface area contributed by atoms with E-state index in [0.29, 0.717) is 34.3 Å². The average Bonchev–Trinajstić information content (AvgIpc) is 3.58. The molecule has 2 N–H and O–H groups in total. The lowest BCUT2D eigenvalue weighted by atomic mass is 9.85. The number of nitrogens with one attached hydrogen (secondary N) is 2. The zero-order valence-electron chi connectivity index (χ0n) is 19.6. The smallest absolute Gasteiger partial charge is 0.290 e. The van der Waals surface area contributed by atoms with Crippen LogP contribution in [-0.4, -0.2) is 45.7 Å². The monoisotopic (exact) mass is 518 g/mol. The van der Waals surface area contributed by atoms with Gasteiger partial charge in [0.05, 0.1) is 22.0 Å². The van der Waals surface area contributed by atoms with E-state index in [-0.39, 0.29) is 11.1 Å². The number of pyridine rings is 1. The number of nitrogens with zero attached hydrogens (tertiary/aromatic N) is 4. The minimum atomic E-state index is -0.370. The van der Waals surface area contributed by atoms with E-state index in [1.165, 1.54) is 18.4 Å². The van der Waals surface area contributed by atoms with Crippen molar-refractivity contribution in [1.82, 2.24) is 25.6 Å². The molecule has 2 saturated heterocycles. The Morgan fingerprint density at radius 3 is 2.72 bits per heavy atom. The second-order valence-electron chi connectivity index (χ2n) is 9.46. The van der Waals surface area contributed by atoms with E-state index < -0.39 is 0 Å². The van der Waals surface area contributed by atoms with E-state index in [4.69, 9.17) is 4.98 Å². The fourth-order valence-corrected chi connectivity index (χ4v) is 6.81. The normalized spacial score (nSPS) is 24.5. The van der Waals surface area contributed by atoms with Gasteiger partial charge in [0.25, 0.3) is 11.1 Å². The van der Waals surface area contributed by atoms with Gasteiger partial charge in [0.1, 0.15) is 0 Å². The molecule has 5 heterocycles. The van der Waals surface area contributed by atoms with Crippen LogP contribution in [0.1, 0.15) is 24.2 Å². The Morgan fingerprint density at radius 2 is 1.97 bits per heavy atom. The molecule has 3 aromatic rings. The first-order valence-electron chi connectivity index (χ1n) is 12.1. The topological polar surface area (TPSA) is 100 Å². The second kappa shape index (κ2) is 10.1. The van der Waals surface area contributed by atoms with E-state index in [0.717, 1.165) is 49.3 Å². The minimum Gasteiger partial charge on any atom is -0.340 e. The molecule has 36 heavy (non-hydrogen) atoms. The van der Waals surface area contributed by atoms with Gasteiger partial charge in [-0.05, 0) is 84.6 Å². The number of amides is 2. The third kappa shape index (κ3) is 4.93. The van der Waals surface area contributed by atoms with Crippen molar-refractivity contribution in [2.45, 2.75) is 19.4 Å². The van der Waals surface area contributed by atoms with Gasteiger partial charge < -0.3 is 10.2 Å². The van der Waals surface area contributed by atoms with Crippen molar-refractivity contribution in [2.75, 3.05) is 24.5 Å². The van der Waals surface area contributed by atoms with E-state index >= 15 is 0 Å². The molecule has 1 aliphatic carbocycles. The van der Waals surface area contributed by atoms with Crippen molar-refractivity contribution in [2.24, 2.45) is 17.8 Å². The summed E-state index contributed by atoms with van der Waals surface area (Å²) < 4.78 is 0. The van der Waals surface area contributed by atoms with Crippen LogP contribution in [-0.2, 0) is 11.3 Å². The van der Waals surface area contributed by atoms with Crippen LogP contribution in [0.5, 0.6) is 0 Å². The number of hydrogen-bond acceptors (Lipinski definition) is 9. The van der Waals surface area contributed by atoms with Gasteiger partial charge in [-0.3, -0.25) is 19.9 Å². The van der Waals surface area contributed by atoms with Crippen LogP contribution in [0.4, 0.5) is 10.7 Å². The highest BCUT2D eigenvalue weighted by Gasteiger charge is 2.42. The number of rotatable bonds is 7. The number of piperidine rings is 1. The van der Waals surface area contributed by atoms with Crippen molar-refractivity contribution in [3.63, 3.8) is 0 Å². The molecule has 3 aromatic heterocycles. The Balaban J connectivity index is 1.07. The van der Waals surface area contributed by atoms with Gasteiger partial charge >= 0.3 is 0 Å². The van der Waals surface area contributed by atoms with Crippen LogP contribution in [0.2, 0.25) is 0 Å². The third-order valence-electron chi connectivity index (χ3n) is 7.21. The Labute approximate surface area is 217 Å². The molecule has 8 nitrogen and oxygen atoms in total. The minimum absolute atomic E-state index is 0.348. The number of fused-ring (bicyclic) bond motifs is 2. The number of anilines is 1. The Bertz CT molecular complexity index is 1300. The SMILES string of the molecule is O=C1NC(=O)/C(=C\c2ccnc(N3C[C@H]4CC[C@@H](C3)C4CNCc3cccc(-c4ccsc4)n3)n2)S1. The second-order valence-corrected chi connectivity index (χ2v) is 11.3.